The van der Waals surface area contributed by atoms with Crippen molar-refractivity contribution >= 4 is 11.3 Å². The smallest absolute Gasteiger partial charge is 0.115 e. The minimum atomic E-state index is 0.567. The second-order valence-corrected chi connectivity index (χ2v) is 6.24. The SMILES string of the molecule is Cc1ccsc1CN1CCCC(c2ccncn2)C1. The van der Waals surface area contributed by atoms with Crippen LogP contribution in [0.1, 0.15) is 34.9 Å². The van der Waals surface area contributed by atoms with Crippen LogP contribution < -0.4 is 0 Å². The zero-order chi connectivity index (χ0) is 13.1. The van der Waals surface area contributed by atoms with Gasteiger partial charge in [0.05, 0.1) is 0 Å². The van der Waals surface area contributed by atoms with Crippen LogP contribution in [-0.4, -0.2) is 28.0 Å². The highest BCUT2D eigenvalue weighted by Crippen LogP contribution is 2.27. The number of hydrogen-bond donors (Lipinski definition) is 0. The van der Waals surface area contributed by atoms with Crippen LogP contribution in [0.5, 0.6) is 0 Å². The normalized spacial score (nSPS) is 20.6. The molecule has 2 aromatic heterocycles. The van der Waals surface area contributed by atoms with E-state index < -0.39 is 0 Å². The van der Waals surface area contributed by atoms with Crippen molar-refractivity contribution in [3.63, 3.8) is 0 Å². The van der Waals surface area contributed by atoms with Crippen LogP contribution in [0.15, 0.2) is 30.0 Å². The highest BCUT2D eigenvalue weighted by molar-refractivity contribution is 7.10. The molecule has 100 valence electrons. The second-order valence-electron chi connectivity index (χ2n) is 5.24. The third-order valence-corrected chi connectivity index (χ3v) is 4.87. The second kappa shape index (κ2) is 5.80. The lowest BCUT2D eigenvalue weighted by molar-refractivity contribution is 0.199. The van der Waals surface area contributed by atoms with Gasteiger partial charge in [0.25, 0.3) is 0 Å². The Morgan fingerprint density at radius 1 is 1.42 bits per heavy atom. The van der Waals surface area contributed by atoms with Crippen molar-refractivity contribution < 1.29 is 0 Å². The van der Waals surface area contributed by atoms with Crippen molar-refractivity contribution in [2.75, 3.05) is 13.1 Å². The van der Waals surface area contributed by atoms with E-state index in [1.807, 2.05) is 17.5 Å². The summed E-state index contributed by atoms with van der Waals surface area (Å²) < 4.78 is 0. The van der Waals surface area contributed by atoms with Gasteiger partial charge in [-0.3, -0.25) is 4.90 Å². The Kier molecular flexibility index (Phi) is 3.89. The van der Waals surface area contributed by atoms with E-state index in [1.165, 1.54) is 35.5 Å². The molecule has 0 saturated carbocycles. The molecule has 0 amide bonds. The molecule has 1 fully saturated rings. The highest BCUT2D eigenvalue weighted by Gasteiger charge is 2.22. The largest absolute Gasteiger partial charge is 0.298 e. The maximum absolute atomic E-state index is 4.42. The van der Waals surface area contributed by atoms with Crippen LogP contribution in [0, 0.1) is 6.92 Å². The van der Waals surface area contributed by atoms with E-state index in [9.17, 15) is 0 Å². The van der Waals surface area contributed by atoms with Crippen molar-refractivity contribution in [2.45, 2.75) is 32.2 Å². The Hall–Kier alpha value is -1.26. The molecule has 2 aromatic rings. The van der Waals surface area contributed by atoms with Gasteiger partial charge in [0, 0.05) is 35.8 Å². The van der Waals surface area contributed by atoms with Crippen LogP contribution in [0.25, 0.3) is 0 Å². The number of hydrogen-bond acceptors (Lipinski definition) is 4. The number of nitrogens with zero attached hydrogens (tertiary/aromatic N) is 3. The zero-order valence-corrected chi connectivity index (χ0v) is 12.1. The fourth-order valence-corrected chi connectivity index (χ4v) is 3.70. The first-order chi connectivity index (χ1) is 9.33. The van der Waals surface area contributed by atoms with Gasteiger partial charge in [0.2, 0.25) is 0 Å². The minimum Gasteiger partial charge on any atom is -0.298 e. The Morgan fingerprint density at radius 2 is 2.37 bits per heavy atom. The Morgan fingerprint density at radius 3 is 3.11 bits per heavy atom. The summed E-state index contributed by atoms with van der Waals surface area (Å²) in [5, 5.41) is 2.19. The third-order valence-electron chi connectivity index (χ3n) is 3.86. The molecule has 0 aromatic carbocycles. The lowest BCUT2D eigenvalue weighted by Crippen LogP contribution is -2.34. The standard InChI is InChI=1S/C15H19N3S/c1-12-5-8-19-15(12)10-18-7-2-3-13(9-18)14-4-6-16-11-17-14/h4-6,8,11,13H,2-3,7,9-10H2,1H3. The molecule has 0 spiro atoms. The molecule has 4 heteroatoms. The molecule has 1 aliphatic rings. The quantitative estimate of drug-likeness (QED) is 0.859. The third kappa shape index (κ3) is 3.01. The first kappa shape index (κ1) is 12.8. The number of aromatic nitrogens is 2. The lowest BCUT2D eigenvalue weighted by atomic mass is 9.94. The number of aryl methyl sites for hydroxylation is 1. The van der Waals surface area contributed by atoms with Crippen molar-refractivity contribution in [3.05, 3.63) is 46.2 Å². The molecule has 0 aliphatic carbocycles. The van der Waals surface area contributed by atoms with Gasteiger partial charge in [0.1, 0.15) is 6.33 Å². The van der Waals surface area contributed by atoms with Gasteiger partial charge in [-0.15, -0.1) is 11.3 Å². The first-order valence-electron chi connectivity index (χ1n) is 6.84. The maximum Gasteiger partial charge on any atom is 0.115 e. The summed E-state index contributed by atoms with van der Waals surface area (Å²) >= 11 is 1.87. The number of piperidine rings is 1. The average Bonchev–Trinajstić information content (AvgIpc) is 2.86. The van der Waals surface area contributed by atoms with Crippen molar-refractivity contribution in [1.29, 1.82) is 0 Å². The van der Waals surface area contributed by atoms with Gasteiger partial charge in [-0.05, 0) is 49.4 Å². The van der Waals surface area contributed by atoms with Crippen LogP contribution in [0.3, 0.4) is 0 Å². The number of rotatable bonds is 3. The van der Waals surface area contributed by atoms with Crippen molar-refractivity contribution in [3.8, 4) is 0 Å². The molecule has 19 heavy (non-hydrogen) atoms. The first-order valence-corrected chi connectivity index (χ1v) is 7.72. The molecule has 3 rings (SSSR count). The molecular formula is C15H19N3S. The molecule has 3 nitrogen and oxygen atoms in total. The molecule has 1 saturated heterocycles. The van der Waals surface area contributed by atoms with Crippen LogP contribution in [-0.2, 0) is 6.54 Å². The lowest BCUT2D eigenvalue weighted by Gasteiger charge is -2.32. The fourth-order valence-electron chi connectivity index (χ4n) is 2.75. The van der Waals surface area contributed by atoms with Gasteiger partial charge in [-0.25, -0.2) is 9.97 Å². The van der Waals surface area contributed by atoms with Crippen LogP contribution in [0.2, 0.25) is 0 Å². The van der Waals surface area contributed by atoms with Gasteiger partial charge in [-0.1, -0.05) is 0 Å². The van der Waals surface area contributed by atoms with Gasteiger partial charge < -0.3 is 0 Å². The van der Waals surface area contributed by atoms with E-state index in [2.05, 4.69) is 39.3 Å². The molecule has 1 unspecified atom stereocenters. The zero-order valence-electron chi connectivity index (χ0n) is 11.2. The van der Waals surface area contributed by atoms with Crippen molar-refractivity contribution in [2.24, 2.45) is 0 Å². The summed E-state index contributed by atoms with van der Waals surface area (Å²) in [4.78, 5) is 12.5. The minimum absolute atomic E-state index is 0.567. The summed E-state index contributed by atoms with van der Waals surface area (Å²) in [6, 6.07) is 4.27. The molecule has 1 atom stereocenters. The van der Waals surface area contributed by atoms with E-state index in [-0.39, 0.29) is 0 Å². The van der Waals surface area contributed by atoms with Crippen LogP contribution >= 0.6 is 11.3 Å². The maximum atomic E-state index is 4.42. The summed E-state index contributed by atoms with van der Waals surface area (Å²) in [5.41, 5.74) is 2.62. The number of likely N-dealkylation sites (tertiary alicyclic amines) is 1. The van der Waals surface area contributed by atoms with E-state index in [0.29, 0.717) is 5.92 Å². The number of thiophene rings is 1. The monoisotopic (exact) mass is 273 g/mol. The average molecular weight is 273 g/mol. The Labute approximate surface area is 118 Å². The molecule has 1 aliphatic heterocycles. The molecule has 0 N–H and O–H groups in total. The molecule has 0 bridgehead atoms. The summed E-state index contributed by atoms with van der Waals surface area (Å²) in [6.45, 7) is 5.62. The van der Waals surface area contributed by atoms with Crippen LogP contribution in [0.4, 0.5) is 0 Å². The topological polar surface area (TPSA) is 29.0 Å². The van der Waals surface area contributed by atoms with E-state index in [4.69, 9.17) is 0 Å². The highest BCUT2D eigenvalue weighted by atomic mass is 32.1. The predicted octanol–water partition coefficient (Wildman–Crippen LogP) is 3.23. The summed E-state index contributed by atoms with van der Waals surface area (Å²) in [7, 11) is 0. The Bertz CT molecular complexity index is 523. The van der Waals surface area contributed by atoms with Gasteiger partial charge >= 0.3 is 0 Å². The van der Waals surface area contributed by atoms with E-state index in [1.54, 1.807) is 6.33 Å². The van der Waals surface area contributed by atoms with Gasteiger partial charge in [-0.2, -0.15) is 0 Å². The molecular weight excluding hydrogens is 254 g/mol. The Balaban J connectivity index is 1.67. The van der Waals surface area contributed by atoms with Crippen molar-refractivity contribution in [1.82, 2.24) is 14.9 Å². The van der Waals surface area contributed by atoms with E-state index in [0.717, 1.165) is 13.1 Å². The molecule has 3 heterocycles. The van der Waals surface area contributed by atoms with E-state index >= 15 is 0 Å². The summed E-state index contributed by atoms with van der Waals surface area (Å²) in [6.07, 6.45) is 6.03. The molecule has 0 radical (unpaired) electrons. The summed E-state index contributed by atoms with van der Waals surface area (Å²) in [5.74, 6) is 0.567. The predicted molar refractivity (Wildman–Crippen MR) is 78.3 cm³/mol. The fraction of sp³-hybridized carbons (Fsp3) is 0.467. The van der Waals surface area contributed by atoms with Gasteiger partial charge in [0.15, 0.2) is 0 Å².